The molecule has 4 heteroatoms. The third kappa shape index (κ3) is 3.98. The monoisotopic (exact) mass is 345 g/mol. The summed E-state index contributed by atoms with van der Waals surface area (Å²) in [7, 11) is 0. The van der Waals surface area contributed by atoms with Crippen molar-refractivity contribution in [1.82, 2.24) is 4.57 Å². The highest BCUT2D eigenvalue weighted by molar-refractivity contribution is 6.08. The molecule has 0 saturated heterocycles. The SMILES string of the molecule is Cc1ccc(C(=O)c2cccn2CC=Cc2ccc(C(=O)O)cc2)cc1. The van der Waals surface area contributed by atoms with E-state index in [2.05, 4.69) is 0 Å². The number of ketones is 1. The van der Waals surface area contributed by atoms with Crippen LogP contribution in [0.25, 0.3) is 6.08 Å². The zero-order valence-electron chi connectivity index (χ0n) is 14.4. The van der Waals surface area contributed by atoms with Gasteiger partial charge < -0.3 is 9.67 Å². The highest BCUT2D eigenvalue weighted by Crippen LogP contribution is 2.13. The fourth-order valence-corrected chi connectivity index (χ4v) is 2.67. The Morgan fingerprint density at radius 2 is 1.62 bits per heavy atom. The number of hydrogen-bond donors (Lipinski definition) is 1. The molecule has 1 aromatic heterocycles. The van der Waals surface area contributed by atoms with E-state index in [4.69, 9.17) is 5.11 Å². The minimum Gasteiger partial charge on any atom is -0.478 e. The van der Waals surface area contributed by atoms with E-state index in [0.717, 1.165) is 11.1 Å². The van der Waals surface area contributed by atoms with Gasteiger partial charge in [0.2, 0.25) is 5.78 Å². The van der Waals surface area contributed by atoms with Gasteiger partial charge in [0.25, 0.3) is 0 Å². The van der Waals surface area contributed by atoms with Crippen LogP contribution in [-0.4, -0.2) is 21.4 Å². The molecule has 0 amide bonds. The van der Waals surface area contributed by atoms with Gasteiger partial charge in [-0.3, -0.25) is 4.79 Å². The Morgan fingerprint density at radius 3 is 2.27 bits per heavy atom. The summed E-state index contributed by atoms with van der Waals surface area (Å²) in [5.74, 6) is -0.943. The predicted molar refractivity (Wildman–Crippen MR) is 101 cm³/mol. The Bertz CT molecular complexity index is 948. The number of carbonyl (C=O) groups excluding carboxylic acids is 1. The summed E-state index contributed by atoms with van der Waals surface area (Å²) in [6, 6.07) is 17.9. The smallest absolute Gasteiger partial charge is 0.335 e. The molecule has 0 unspecified atom stereocenters. The lowest BCUT2D eigenvalue weighted by atomic mass is 10.1. The zero-order valence-corrected chi connectivity index (χ0v) is 14.4. The van der Waals surface area contributed by atoms with Crippen LogP contribution in [0.15, 0.2) is 72.9 Å². The van der Waals surface area contributed by atoms with E-state index in [9.17, 15) is 9.59 Å². The summed E-state index contributed by atoms with van der Waals surface area (Å²) in [6.45, 7) is 2.55. The lowest BCUT2D eigenvalue weighted by Gasteiger charge is -2.06. The number of carboxylic acids is 1. The molecular weight excluding hydrogens is 326 g/mol. The maximum atomic E-state index is 12.7. The molecule has 3 rings (SSSR count). The average molecular weight is 345 g/mol. The molecule has 0 radical (unpaired) electrons. The van der Waals surface area contributed by atoms with Crippen molar-refractivity contribution in [2.75, 3.05) is 0 Å². The first-order valence-electron chi connectivity index (χ1n) is 8.31. The standard InChI is InChI=1S/C22H19NO3/c1-16-6-10-18(11-7-16)21(24)20-5-3-15-23(20)14-2-4-17-8-12-19(13-9-17)22(25)26/h2-13,15H,14H2,1H3,(H,25,26). The molecule has 1 heterocycles. The summed E-state index contributed by atoms with van der Waals surface area (Å²) < 4.78 is 1.89. The summed E-state index contributed by atoms with van der Waals surface area (Å²) in [5.41, 5.74) is 3.60. The Morgan fingerprint density at radius 1 is 0.962 bits per heavy atom. The van der Waals surface area contributed by atoms with Crippen LogP contribution in [0.3, 0.4) is 0 Å². The number of rotatable bonds is 6. The number of aromatic carboxylic acids is 1. The molecule has 1 N–H and O–H groups in total. The van der Waals surface area contributed by atoms with Crippen LogP contribution in [0.1, 0.15) is 37.5 Å². The number of carboxylic acid groups (broad SMARTS) is 1. The topological polar surface area (TPSA) is 59.3 Å². The van der Waals surface area contributed by atoms with Gasteiger partial charge in [-0.1, -0.05) is 54.1 Å². The van der Waals surface area contributed by atoms with Crippen molar-refractivity contribution in [3.8, 4) is 0 Å². The Labute approximate surface area is 152 Å². The number of hydrogen-bond acceptors (Lipinski definition) is 2. The summed E-state index contributed by atoms with van der Waals surface area (Å²) in [4.78, 5) is 23.5. The van der Waals surface area contributed by atoms with Gasteiger partial charge in [-0.05, 0) is 36.8 Å². The molecule has 0 spiro atoms. The fourth-order valence-electron chi connectivity index (χ4n) is 2.67. The summed E-state index contributed by atoms with van der Waals surface area (Å²) in [5, 5.41) is 8.92. The first kappa shape index (κ1) is 17.4. The largest absolute Gasteiger partial charge is 0.478 e. The van der Waals surface area contributed by atoms with Gasteiger partial charge in [0.15, 0.2) is 0 Å². The summed E-state index contributed by atoms with van der Waals surface area (Å²) in [6.07, 6.45) is 5.73. The van der Waals surface area contributed by atoms with Crippen molar-refractivity contribution >= 4 is 17.8 Å². The second-order valence-electron chi connectivity index (χ2n) is 6.07. The highest BCUT2D eigenvalue weighted by atomic mass is 16.4. The third-order valence-electron chi connectivity index (χ3n) is 4.15. The van der Waals surface area contributed by atoms with Crippen molar-refractivity contribution in [3.05, 3.63) is 101 Å². The number of carbonyl (C=O) groups is 2. The first-order chi connectivity index (χ1) is 12.5. The van der Waals surface area contributed by atoms with E-state index in [1.807, 2.05) is 66.2 Å². The first-order valence-corrected chi connectivity index (χ1v) is 8.31. The van der Waals surface area contributed by atoms with E-state index in [1.165, 1.54) is 0 Å². The van der Waals surface area contributed by atoms with Gasteiger partial charge in [0.1, 0.15) is 0 Å². The van der Waals surface area contributed by atoms with Gasteiger partial charge in [0.05, 0.1) is 11.3 Å². The normalized spacial score (nSPS) is 11.0. The van der Waals surface area contributed by atoms with Crippen LogP contribution in [0.5, 0.6) is 0 Å². The Kier molecular flexibility index (Phi) is 5.13. The summed E-state index contributed by atoms with van der Waals surface area (Å²) >= 11 is 0. The van der Waals surface area contributed by atoms with Gasteiger partial charge >= 0.3 is 5.97 Å². The lowest BCUT2D eigenvalue weighted by Crippen LogP contribution is -2.09. The van der Waals surface area contributed by atoms with Gasteiger partial charge in [-0.15, -0.1) is 0 Å². The second-order valence-corrected chi connectivity index (χ2v) is 6.07. The molecule has 0 aliphatic heterocycles. The van der Waals surface area contributed by atoms with Crippen LogP contribution in [-0.2, 0) is 6.54 Å². The van der Waals surface area contributed by atoms with Crippen LogP contribution >= 0.6 is 0 Å². The molecule has 26 heavy (non-hydrogen) atoms. The van der Waals surface area contributed by atoms with E-state index >= 15 is 0 Å². The predicted octanol–water partition coefficient (Wildman–Crippen LogP) is 4.44. The quantitative estimate of drug-likeness (QED) is 0.672. The number of aryl methyl sites for hydroxylation is 1. The lowest BCUT2D eigenvalue weighted by molar-refractivity contribution is 0.0696. The molecule has 0 bridgehead atoms. The number of allylic oxidation sites excluding steroid dienone is 1. The average Bonchev–Trinajstić information content (AvgIpc) is 3.10. The van der Waals surface area contributed by atoms with E-state index in [-0.39, 0.29) is 11.3 Å². The molecular formula is C22H19NO3. The highest BCUT2D eigenvalue weighted by Gasteiger charge is 2.12. The van der Waals surface area contributed by atoms with Crippen LogP contribution in [0.2, 0.25) is 0 Å². The molecule has 0 fully saturated rings. The van der Waals surface area contributed by atoms with Crippen molar-refractivity contribution in [2.24, 2.45) is 0 Å². The number of benzene rings is 2. The van der Waals surface area contributed by atoms with Crippen LogP contribution in [0.4, 0.5) is 0 Å². The molecule has 3 aromatic rings. The zero-order chi connectivity index (χ0) is 18.5. The maximum absolute atomic E-state index is 12.7. The van der Waals surface area contributed by atoms with Crippen molar-refractivity contribution in [1.29, 1.82) is 0 Å². The minimum atomic E-state index is -0.938. The van der Waals surface area contributed by atoms with E-state index in [1.54, 1.807) is 24.3 Å². The third-order valence-corrected chi connectivity index (χ3v) is 4.15. The molecule has 0 aliphatic rings. The van der Waals surface area contributed by atoms with Gasteiger partial charge in [0, 0.05) is 18.3 Å². The van der Waals surface area contributed by atoms with Crippen molar-refractivity contribution in [3.63, 3.8) is 0 Å². The van der Waals surface area contributed by atoms with Gasteiger partial charge in [-0.25, -0.2) is 4.79 Å². The molecule has 130 valence electrons. The van der Waals surface area contributed by atoms with E-state index in [0.29, 0.717) is 17.8 Å². The maximum Gasteiger partial charge on any atom is 0.335 e. The molecule has 0 aliphatic carbocycles. The van der Waals surface area contributed by atoms with Gasteiger partial charge in [-0.2, -0.15) is 0 Å². The molecule has 0 saturated carbocycles. The van der Waals surface area contributed by atoms with Crippen molar-refractivity contribution < 1.29 is 14.7 Å². The van der Waals surface area contributed by atoms with Crippen LogP contribution in [0, 0.1) is 6.92 Å². The number of nitrogens with zero attached hydrogens (tertiary/aromatic N) is 1. The van der Waals surface area contributed by atoms with Crippen molar-refractivity contribution in [2.45, 2.75) is 13.5 Å². The Hall–Kier alpha value is -3.40. The Balaban J connectivity index is 1.71. The van der Waals surface area contributed by atoms with E-state index < -0.39 is 5.97 Å². The number of aromatic nitrogens is 1. The molecule has 4 nitrogen and oxygen atoms in total. The van der Waals surface area contributed by atoms with Crippen LogP contribution < -0.4 is 0 Å². The fraction of sp³-hybridized carbons (Fsp3) is 0.0909. The molecule has 0 atom stereocenters. The second kappa shape index (κ2) is 7.66. The molecule has 2 aromatic carbocycles. The minimum absolute atomic E-state index is 0.00536.